The molecule has 0 aliphatic carbocycles. The predicted octanol–water partition coefficient (Wildman–Crippen LogP) is 3.27. The summed E-state index contributed by atoms with van der Waals surface area (Å²) in [7, 11) is 1.57. The molecule has 0 atom stereocenters. The molecule has 0 unspecified atom stereocenters. The van der Waals surface area contributed by atoms with Crippen molar-refractivity contribution in [2.45, 2.75) is 13.8 Å². The lowest BCUT2D eigenvalue weighted by molar-refractivity contribution is 0.0943. The smallest absolute Gasteiger partial charge is 0.271 e. The van der Waals surface area contributed by atoms with E-state index in [2.05, 4.69) is 20.8 Å². The van der Waals surface area contributed by atoms with Crippen molar-refractivity contribution in [2.24, 2.45) is 5.92 Å². The van der Waals surface area contributed by atoms with Crippen LogP contribution in [-0.2, 0) is 0 Å². The van der Waals surface area contributed by atoms with Crippen molar-refractivity contribution in [3.63, 3.8) is 0 Å². The van der Waals surface area contributed by atoms with Gasteiger partial charge in [-0.1, -0.05) is 25.4 Å². The van der Waals surface area contributed by atoms with Gasteiger partial charge in [0.05, 0.1) is 12.8 Å². The van der Waals surface area contributed by atoms with Crippen LogP contribution < -0.4 is 15.4 Å². The maximum atomic E-state index is 11.9. The number of nitrogens with one attached hydrogen (secondary N) is 2. The molecule has 1 amide bonds. The Hall–Kier alpha value is -2.34. The number of hydrogen-bond donors (Lipinski definition) is 2. The van der Waals surface area contributed by atoms with Crippen LogP contribution in [0.1, 0.15) is 24.3 Å². The van der Waals surface area contributed by atoms with Crippen molar-refractivity contribution in [1.82, 2.24) is 15.5 Å². The van der Waals surface area contributed by atoms with E-state index in [1.165, 1.54) is 0 Å². The third-order valence-corrected chi connectivity index (χ3v) is 3.23. The number of aromatic nitrogens is 2. The van der Waals surface area contributed by atoms with Crippen molar-refractivity contribution in [3.05, 3.63) is 41.0 Å². The molecule has 0 saturated carbocycles. The fraction of sp³-hybridized carbons (Fsp3) is 0.312. The van der Waals surface area contributed by atoms with Crippen LogP contribution in [0.15, 0.2) is 30.3 Å². The Bertz CT molecular complexity index is 674. The average Bonchev–Trinajstić information content (AvgIpc) is 2.53. The van der Waals surface area contributed by atoms with Crippen LogP contribution in [0, 0.1) is 5.92 Å². The molecule has 0 bridgehead atoms. The van der Waals surface area contributed by atoms with Gasteiger partial charge in [0.2, 0.25) is 0 Å². The van der Waals surface area contributed by atoms with Gasteiger partial charge < -0.3 is 15.4 Å². The van der Waals surface area contributed by atoms with Crippen LogP contribution in [0.3, 0.4) is 0 Å². The predicted molar refractivity (Wildman–Crippen MR) is 90.5 cm³/mol. The van der Waals surface area contributed by atoms with E-state index in [0.717, 1.165) is 0 Å². The molecular weight excluding hydrogens is 316 g/mol. The number of rotatable bonds is 6. The summed E-state index contributed by atoms with van der Waals surface area (Å²) in [5.74, 6) is 1.27. The zero-order chi connectivity index (χ0) is 16.8. The second kappa shape index (κ2) is 7.78. The average molecular weight is 335 g/mol. The van der Waals surface area contributed by atoms with Gasteiger partial charge in [0.1, 0.15) is 5.75 Å². The minimum atomic E-state index is -0.238. The van der Waals surface area contributed by atoms with Crippen LogP contribution in [-0.4, -0.2) is 29.8 Å². The van der Waals surface area contributed by atoms with E-state index in [4.69, 9.17) is 16.3 Å². The maximum absolute atomic E-state index is 11.9. The SMILES string of the molecule is COc1ccc(Cl)cc1Nc1ccc(C(=O)NCC(C)C)nn1. The summed E-state index contributed by atoms with van der Waals surface area (Å²) in [4.78, 5) is 11.9. The standard InChI is InChI=1S/C16H19ClN4O2/c1-10(2)9-18-16(22)12-5-7-15(21-20-12)19-13-8-11(17)4-6-14(13)23-3/h4-8,10H,9H2,1-3H3,(H,18,22)(H,19,21). The first kappa shape index (κ1) is 17.0. The van der Waals surface area contributed by atoms with E-state index in [9.17, 15) is 4.79 Å². The van der Waals surface area contributed by atoms with Crippen molar-refractivity contribution in [3.8, 4) is 5.75 Å². The molecule has 1 aromatic carbocycles. The van der Waals surface area contributed by atoms with E-state index in [1.54, 1.807) is 37.4 Å². The fourth-order valence-corrected chi connectivity index (χ4v) is 2.00. The number of anilines is 2. The molecule has 23 heavy (non-hydrogen) atoms. The number of carbonyl (C=O) groups excluding carboxylic acids is 1. The summed E-state index contributed by atoms with van der Waals surface area (Å²) >= 11 is 5.98. The van der Waals surface area contributed by atoms with E-state index in [0.29, 0.717) is 34.7 Å². The first-order valence-electron chi connectivity index (χ1n) is 7.22. The molecule has 7 heteroatoms. The van der Waals surface area contributed by atoms with Gasteiger partial charge in [0.15, 0.2) is 11.5 Å². The molecule has 0 spiro atoms. The highest BCUT2D eigenvalue weighted by Gasteiger charge is 2.10. The topological polar surface area (TPSA) is 76.1 Å². The Kier molecular flexibility index (Phi) is 5.76. The van der Waals surface area contributed by atoms with Crippen LogP contribution in [0.5, 0.6) is 5.75 Å². The minimum absolute atomic E-state index is 0.238. The van der Waals surface area contributed by atoms with Crippen LogP contribution in [0.25, 0.3) is 0 Å². The molecule has 0 aliphatic heterocycles. The number of hydrogen-bond acceptors (Lipinski definition) is 5. The molecule has 2 aromatic rings. The second-order valence-electron chi connectivity index (χ2n) is 5.38. The number of ether oxygens (including phenoxy) is 1. The van der Waals surface area contributed by atoms with Crippen molar-refractivity contribution in [2.75, 3.05) is 19.0 Å². The maximum Gasteiger partial charge on any atom is 0.271 e. The van der Waals surface area contributed by atoms with Crippen LogP contribution in [0.2, 0.25) is 5.02 Å². The summed E-state index contributed by atoms with van der Waals surface area (Å²) in [6.07, 6.45) is 0. The quantitative estimate of drug-likeness (QED) is 0.848. The molecule has 0 saturated heterocycles. The Balaban J connectivity index is 2.08. The summed E-state index contributed by atoms with van der Waals surface area (Å²) in [5.41, 5.74) is 0.945. The number of halogens is 1. The molecule has 122 valence electrons. The highest BCUT2D eigenvalue weighted by Crippen LogP contribution is 2.29. The van der Waals surface area contributed by atoms with E-state index in [1.807, 2.05) is 13.8 Å². The van der Waals surface area contributed by atoms with E-state index < -0.39 is 0 Å². The minimum Gasteiger partial charge on any atom is -0.495 e. The number of amides is 1. The van der Waals surface area contributed by atoms with Gasteiger partial charge in [-0.3, -0.25) is 4.79 Å². The molecular formula is C16H19ClN4O2. The number of nitrogens with zero attached hydrogens (tertiary/aromatic N) is 2. The van der Waals surface area contributed by atoms with Crippen LogP contribution in [0.4, 0.5) is 11.5 Å². The lowest BCUT2D eigenvalue weighted by Gasteiger charge is -2.11. The number of carbonyl (C=O) groups is 1. The highest BCUT2D eigenvalue weighted by atomic mass is 35.5. The van der Waals surface area contributed by atoms with Crippen molar-refractivity contribution >= 4 is 29.0 Å². The normalized spacial score (nSPS) is 10.5. The molecule has 1 aromatic heterocycles. The van der Waals surface area contributed by atoms with Crippen molar-refractivity contribution < 1.29 is 9.53 Å². The summed E-state index contributed by atoms with van der Waals surface area (Å²) in [6.45, 7) is 4.65. The largest absolute Gasteiger partial charge is 0.495 e. The Morgan fingerprint density at radius 3 is 2.65 bits per heavy atom. The van der Waals surface area contributed by atoms with Gasteiger partial charge in [0, 0.05) is 11.6 Å². The summed E-state index contributed by atoms with van der Waals surface area (Å²) in [5, 5.41) is 14.4. The summed E-state index contributed by atoms with van der Waals surface area (Å²) < 4.78 is 5.26. The van der Waals surface area contributed by atoms with Gasteiger partial charge in [0.25, 0.3) is 5.91 Å². The number of methoxy groups -OCH3 is 1. The van der Waals surface area contributed by atoms with Gasteiger partial charge in [-0.2, -0.15) is 0 Å². The van der Waals surface area contributed by atoms with Crippen molar-refractivity contribution in [1.29, 1.82) is 0 Å². The molecule has 0 radical (unpaired) electrons. The molecule has 2 N–H and O–H groups in total. The summed E-state index contributed by atoms with van der Waals surface area (Å²) in [6, 6.07) is 8.51. The molecule has 6 nitrogen and oxygen atoms in total. The first-order valence-corrected chi connectivity index (χ1v) is 7.60. The molecule has 2 rings (SSSR count). The second-order valence-corrected chi connectivity index (χ2v) is 5.81. The highest BCUT2D eigenvalue weighted by molar-refractivity contribution is 6.31. The van der Waals surface area contributed by atoms with Crippen LogP contribution >= 0.6 is 11.6 Å². The Labute approximate surface area is 140 Å². The van der Waals surface area contributed by atoms with Gasteiger partial charge in [-0.05, 0) is 36.2 Å². The Morgan fingerprint density at radius 2 is 2.04 bits per heavy atom. The zero-order valence-corrected chi connectivity index (χ0v) is 14.0. The third kappa shape index (κ3) is 4.82. The lowest BCUT2D eigenvalue weighted by atomic mass is 10.2. The number of benzene rings is 1. The zero-order valence-electron chi connectivity index (χ0n) is 13.3. The van der Waals surface area contributed by atoms with Gasteiger partial charge in [-0.15, -0.1) is 10.2 Å². The molecule has 0 fully saturated rings. The van der Waals surface area contributed by atoms with E-state index >= 15 is 0 Å². The molecule has 0 aliphatic rings. The van der Waals surface area contributed by atoms with Gasteiger partial charge in [-0.25, -0.2) is 0 Å². The van der Waals surface area contributed by atoms with Gasteiger partial charge >= 0.3 is 0 Å². The first-order chi connectivity index (χ1) is 11.0. The Morgan fingerprint density at radius 1 is 1.26 bits per heavy atom. The fourth-order valence-electron chi connectivity index (χ4n) is 1.82. The lowest BCUT2D eigenvalue weighted by Crippen LogP contribution is -2.28. The molecule has 1 heterocycles. The monoisotopic (exact) mass is 334 g/mol. The van der Waals surface area contributed by atoms with E-state index in [-0.39, 0.29) is 11.6 Å². The third-order valence-electron chi connectivity index (χ3n) is 2.99.